The Morgan fingerprint density at radius 1 is 0.964 bits per heavy atom. The van der Waals surface area contributed by atoms with Crippen LogP contribution in [0.2, 0.25) is 0 Å². The average molecular weight is 375 g/mol. The van der Waals surface area contributed by atoms with E-state index in [0.29, 0.717) is 16.8 Å². The minimum Gasteiger partial charge on any atom is -0.507 e. The first kappa shape index (κ1) is 17.5. The van der Waals surface area contributed by atoms with E-state index in [4.69, 9.17) is 0 Å². The SMILES string of the molecule is O=C1C(=O)N(c2ccc(F)cc2)C(c2cccnc2)/C1=C(/O)c1ccncc1. The monoisotopic (exact) mass is 375 g/mol. The van der Waals surface area contributed by atoms with E-state index in [1.54, 1.807) is 30.5 Å². The topological polar surface area (TPSA) is 83.4 Å². The number of nitrogens with zero attached hydrogens (tertiary/aromatic N) is 3. The molecule has 6 nitrogen and oxygen atoms in total. The molecule has 1 unspecified atom stereocenters. The lowest BCUT2D eigenvalue weighted by atomic mass is 9.96. The average Bonchev–Trinajstić information content (AvgIpc) is 3.00. The molecule has 1 aromatic carbocycles. The van der Waals surface area contributed by atoms with Gasteiger partial charge in [-0.25, -0.2) is 4.39 Å². The molecule has 138 valence electrons. The summed E-state index contributed by atoms with van der Waals surface area (Å²) in [6, 6.07) is 10.8. The summed E-state index contributed by atoms with van der Waals surface area (Å²) in [5.41, 5.74) is 1.18. The van der Waals surface area contributed by atoms with Crippen LogP contribution in [-0.4, -0.2) is 26.8 Å². The number of halogens is 1. The van der Waals surface area contributed by atoms with E-state index < -0.39 is 23.5 Å². The maximum Gasteiger partial charge on any atom is 0.300 e. The molecule has 0 bridgehead atoms. The van der Waals surface area contributed by atoms with Crippen molar-refractivity contribution in [2.45, 2.75) is 6.04 Å². The Kier molecular flexibility index (Phi) is 4.41. The third-order valence-electron chi connectivity index (χ3n) is 4.50. The summed E-state index contributed by atoms with van der Waals surface area (Å²) < 4.78 is 13.4. The van der Waals surface area contributed by atoms with Gasteiger partial charge in [-0.3, -0.25) is 24.5 Å². The normalized spacial score (nSPS) is 18.5. The zero-order valence-corrected chi connectivity index (χ0v) is 14.5. The Labute approximate surface area is 159 Å². The second-order valence-corrected chi connectivity index (χ2v) is 6.17. The van der Waals surface area contributed by atoms with Crippen molar-refractivity contribution in [1.29, 1.82) is 0 Å². The fraction of sp³-hybridized carbons (Fsp3) is 0.0476. The van der Waals surface area contributed by atoms with Crippen molar-refractivity contribution in [2.24, 2.45) is 0 Å². The highest BCUT2D eigenvalue weighted by Crippen LogP contribution is 2.41. The zero-order chi connectivity index (χ0) is 19.7. The van der Waals surface area contributed by atoms with Crippen LogP contribution < -0.4 is 4.90 Å². The van der Waals surface area contributed by atoms with Crippen LogP contribution in [0.4, 0.5) is 10.1 Å². The molecule has 1 N–H and O–H groups in total. The Bertz CT molecular complexity index is 1070. The van der Waals surface area contributed by atoms with Crippen LogP contribution in [0.5, 0.6) is 0 Å². The van der Waals surface area contributed by atoms with E-state index in [0.717, 1.165) is 0 Å². The molecule has 7 heteroatoms. The molecule has 3 heterocycles. The molecule has 1 atom stereocenters. The number of aliphatic hydroxyl groups excluding tert-OH is 1. The van der Waals surface area contributed by atoms with E-state index in [9.17, 15) is 19.1 Å². The van der Waals surface area contributed by atoms with Gasteiger partial charge in [0, 0.05) is 36.0 Å². The van der Waals surface area contributed by atoms with Gasteiger partial charge in [-0.05, 0) is 48.0 Å². The van der Waals surface area contributed by atoms with Crippen LogP contribution in [0.25, 0.3) is 5.76 Å². The number of benzene rings is 1. The predicted molar refractivity (Wildman–Crippen MR) is 99.7 cm³/mol. The summed E-state index contributed by atoms with van der Waals surface area (Å²) in [4.78, 5) is 34.9. The molecule has 0 saturated carbocycles. The van der Waals surface area contributed by atoms with Crippen LogP contribution in [0.15, 0.2) is 78.9 Å². The van der Waals surface area contributed by atoms with Gasteiger partial charge in [0.1, 0.15) is 11.6 Å². The van der Waals surface area contributed by atoms with Crippen molar-refractivity contribution in [3.05, 3.63) is 95.8 Å². The molecule has 28 heavy (non-hydrogen) atoms. The standard InChI is InChI=1S/C21H14FN3O3/c22-15-3-5-16(6-4-15)25-18(14-2-1-9-24-12-14)17(20(27)21(25)28)19(26)13-7-10-23-11-8-13/h1-12,18,26H/b19-17-. The van der Waals surface area contributed by atoms with E-state index in [1.807, 2.05) is 0 Å². The molecular weight excluding hydrogens is 361 g/mol. The molecule has 1 aliphatic rings. The van der Waals surface area contributed by atoms with Gasteiger partial charge in [0.2, 0.25) is 0 Å². The van der Waals surface area contributed by atoms with Crippen LogP contribution in [-0.2, 0) is 9.59 Å². The van der Waals surface area contributed by atoms with Crippen LogP contribution in [0, 0.1) is 5.82 Å². The number of carbonyl (C=O) groups is 2. The zero-order valence-electron chi connectivity index (χ0n) is 14.5. The summed E-state index contributed by atoms with van der Waals surface area (Å²) in [5, 5.41) is 10.8. The molecule has 0 spiro atoms. The van der Waals surface area contributed by atoms with Crippen LogP contribution in [0.3, 0.4) is 0 Å². The van der Waals surface area contributed by atoms with E-state index in [-0.39, 0.29) is 11.3 Å². The van der Waals surface area contributed by atoms with Crippen molar-refractivity contribution in [3.63, 3.8) is 0 Å². The summed E-state index contributed by atoms with van der Waals surface area (Å²) in [5.74, 6) is -2.40. The van der Waals surface area contributed by atoms with E-state index in [1.165, 1.54) is 47.8 Å². The Morgan fingerprint density at radius 3 is 2.32 bits per heavy atom. The van der Waals surface area contributed by atoms with Gasteiger partial charge in [-0.1, -0.05) is 6.07 Å². The number of aromatic nitrogens is 2. The summed E-state index contributed by atoms with van der Waals surface area (Å²) in [7, 11) is 0. The Morgan fingerprint density at radius 2 is 1.68 bits per heavy atom. The minimum atomic E-state index is -0.896. The summed E-state index contributed by atoms with van der Waals surface area (Å²) in [6.07, 6.45) is 6.04. The lowest BCUT2D eigenvalue weighted by molar-refractivity contribution is -0.132. The highest BCUT2D eigenvalue weighted by Gasteiger charge is 2.47. The van der Waals surface area contributed by atoms with Gasteiger partial charge in [0.25, 0.3) is 11.7 Å². The number of carbonyl (C=O) groups excluding carboxylic acids is 2. The number of ketones is 1. The van der Waals surface area contributed by atoms with Gasteiger partial charge < -0.3 is 5.11 Å². The number of aliphatic hydroxyl groups is 1. The number of Topliss-reactive ketones (excluding diaryl/α,β-unsaturated/α-hetero) is 1. The van der Waals surface area contributed by atoms with Crippen molar-refractivity contribution in [1.82, 2.24) is 9.97 Å². The first-order valence-electron chi connectivity index (χ1n) is 8.45. The minimum absolute atomic E-state index is 0.0616. The van der Waals surface area contributed by atoms with Gasteiger partial charge in [-0.15, -0.1) is 0 Å². The highest BCUT2D eigenvalue weighted by atomic mass is 19.1. The smallest absolute Gasteiger partial charge is 0.300 e. The number of hydrogen-bond acceptors (Lipinski definition) is 5. The summed E-state index contributed by atoms with van der Waals surface area (Å²) >= 11 is 0. The number of amides is 1. The molecular formula is C21H14FN3O3. The second-order valence-electron chi connectivity index (χ2n) is 6.17. The fourth-order valence-corrected chi connectivity index (χ4v) is 3.22. The largest absolute Gasteiger partial charge is 0.507 e. The Hall–Kier alpha value is -3.87. The Balaban J connectivity index is 1.94. The lowest BCUT2D eigenvalue weighted by Gasteiger charge is -2.25. The van der Waals surface area contributed by atoms with Crippen LogP contribution in [0.1, 0.15) is 17.2 Å². The molecule has 1 saturated heterocycles. The molecule has 1 amide bonds. The van der Waals surface area contributed by atoms with Crippen molar-refractivity contribution >= 4 is 23.1 Å². The quantitative estimate of drug-likeness (QED) is 0.432. The molecule has 1 fully saturated rings. The molecule has 2 aromatic heterocycles. The highest BCUT2D eigenvalue weighted by molar-refractivity contribution is 6.51. The first-order chi connectivity index (χ1) is 13.6. The number of pyridine rings is 2. The lowest BCUT2D eigenvalue weighted by Crippen LogP contribution is -2.29. The number of rotatable bonds is 3. The maximum absolute atomic E-state index is 13.4. The van der Waals surface area contributed by atoms with Crippen molar-refractivity contribution in [2.75, 3.05) is 4.90 Å². The van der Waals surface area contributed by atoms with Crippen LogP contribution >= 0.6 is 0 Å². The third-order valence-corrected chi connectivity index (χ3v) is 4.50. The molecule has 0 aliphatic carbocycles. The third kappa shape index (κ3) is 2.92. The maximum atomic E-state index is 13.4. The molecule has 3 aromatic rings. The van der Waals surface area contributed by atoms with Gasteiger partial charge in [-0.2, -0.15) is 0 Å². The van der Waals surface area contributed by atoms with Gasteiger partial charge in [0.05, 0.1) is 11.6 Å². The molecule has 0 radical (unpaired) electrons. The van der Waals surface area contributed by atoms with Gasteiger partial charge in [0.15, 0.2) is 0 Å². The molecule has 1 aliphatic heterocycles. The first-order valence-corrected chi connectivity index (χ1v) is 8.45. The second kappa shape index (κ2) is 7.03. The van der Waals surface area contributed by atoms with Gasteiger partial charge >= 0.3 is 0 Å². The summed E-state index contributed by atoms with van der Waals surface area (Å²) in [6.45, 7) is 0. The number of hydrogen-bond donors (Lipinski definition) is 1. The fourth-order valence-electron chi connectivity index (χ4n) is 3.22. The number of anilines is 1. The van der Waals surface area contributed by atoms with Crippen molar-refractivity contribution in [3.8, 4) is 0 Å². The predicted octanol–water partition coefficient (Wildman–Crippen LogP) is 3.24. The van der Waals surface area contributed by atoms with E-state index >= 15 is 0 Å². The van der Waals surface area contributed by atoms with E-state index in [2.05, 4.69) is 9.97 Å². The molecule has 4 rings (SSSR count). The van der Waals surface area contributed by atoms with Crippen molar-refractivity contribution < 1.29 is 19.1 Å².